The summed E-state index contributed by atoms with van der Waals surface area (Å²) >= 11 is 0. The van der Waals surface area contributed by atoms with E-state index < -0.39 is 6.03 Å². The Bertz CT molecular complexity index is 613. The first-order chi connectivity index (χ1) is 10.1. The molecule has 2 amide bonds. The maximum Gasteiger partial charge on any atom is 0.316 e. The largest absolute Gasteiger partial charge is 0.480 e. The standard InChI is InChI=1S/C15H18N4O2/c1-10(18-13-4-3-9-17-14(13)21-2)11-5-7-12(8-6-11)19-15(16)20/h3-10,18H,1-2H3,(H3,16,19,20). The van der Waals surface area contributed by atoms with Gasteiger partial charge in [0.15, 0.2) is 0 Å². The minimum absolute atomic E-state index is 0.0609. The van der Waals surface area contributed by atoms with Crippen molar-refractivity contribution in [2.45, 2.75) is 13.0 Å². The summed E-state index contributed by atoms with van der Waals surface area (Å²) in [5.74, 6) is 0.552. The molecule has 110 valence electrons. The predicted molar refractivity (Wildman–Crippen MR) is 82.5 cm³/mol. The van der Waals surface area contributed by atoms with Gasteiger partial charge in [-0.2, -0.15) is 0 Å². The number of hydrogen-bond acceptors (Lipinski definition) is 4. The number of methoxy groups -OCH3 is 1. The van der Waals surface area contributed by atoms with Gasteiger partial charge in [-0.3, -0.25) is 0 Å². The number of nitrogens with one attached hydrogen (secondary N) is 2. The van der Waals surface area contributed by atoms with E-state index in [9.17, 15) is 4.79 Å². The fourth-order valence-electron chi connectivity index (χ4n) is 1.98. The van der Waals surface area contributed by atoms with Gasteiger partial charge in [0.1, 0.15) is 0 Å². The van der Waals surface area contributed by atoms with E-state index in [0.29, 0.717) is 11.6 Å². The van der Waals surface area contributed by atoms with Gasteiger partial charge in [-0.1, -0.05) is 12.1 Å². The van der Waals surface area contributed by atoms with Crippen molar-refractivity contribution < 1.29 is 9.53 Å². The van der Waals surface area contributed by atoms with Gasteiger partial charge in [0.25, 0.3) is 0 Å². The number of amides is 2. The van der Waals surface area contributed by atoms with Crippen LogP contribution in [0.5, 0.6) is 5.88 Å². The second kappa shape index (κ2) is 6.60. The van der Waals surface area contributed by atoms with Crippen LogP contribution in [0.15, 0.2) is 42.6 Å². The summed E-state index contributed by atoms with van der Waals surface area (Å²) in [4.78, 5) is 14.9. The van der Waals surface area contributed by atoms with E-state index >= 15 is 0 Å². The van der Waals surface area contributed by atoms with E-state index in [-0.39, 0.29) is 6.04 Å². The molecule has 0 aliphatic rings. The molecule has 0 saturated carbocycles. The first-order valence-corrected chi connectivity index (χ1v) is 6.52. The van der Waals surface area contributed by atoms with Crippen LogP contribution in [0.1, 0.15) is 18.5 Å². The first kappa shape index (κ1) is 14.6. The summed E-state index contributed by atoms with van der Waals surface area (Å²) in [6, 6.07) is 10.7. The van der Waals surface area contributed by atoms with Crippen LogP contribution < -0.4 is 21.1 Å². The molecule has 1 atom stereocenters. The number of benzene rings is 1. The maximum atomic E-state index is 10.8. The number of carbonyl (C=O) groups is 1. The van der Waals surface area contributed by atoms with Gasteiger partial charge in [0, 0.05) is 17.9 Å². The molecule has 0 bridgehead atoms. The highest BCUT2D eigenvalue weighted by molar-refractivity contribution is 5.87. The molecule has 2 aromatic rings. The topological polar surface area (TPSA) is 89.3 Å². The van der Waals surface area contributed by atoms with Crippen LogP contribution in [-0.4, -0.2) is 18.1 Å². The quantitative estimate of drug-likeness (QED) is 0.788. The number of primary amides is 1. The number of nitrogens with zero attached hydrogens (tertiary/aromatic N) is 1. The minimum Gasteiger partial charge on any atom is -0.480 e. The molecular formula is C15H18N4O2. The molecule has 1 aromatic carbocycles. The maximum absolute atomic E-state index is 10.8. The molecule has 2 rings (SSSR count). The van der Waals surface area contributed by atoms with E-state index in [2.05, 4.69) is 15.6 Å². The van der Waals surface area contributed by atoms with Gasteiger partial charge < -0.3 is 21.1 Å². The van der Waals surface area contributed by atoms with Gasteiger partial charge in [0.05, 0.1) is 12.8 Å². The van der Waals surface area contributed by atoms with Crippen molar-refractivity contribution in [1.29, 1.82) is 0 Å². The normalized spacial score (nSPS) is 11.5. The van der Waals surface area contributed by atoms with Crippen LogP contribution in [0.2, 0.25) is 0 Å². The SMILES string of the molecule is COc1ncccc1NC(C)c1ccc(NC(N)=O)cc1. The number of rotatable bonds is 5. The molecule has 0 saturated heterocycles. The van der Waals surface area contributed by atoms with Crippen molar-refractivity contribution in [2.75, 3.05) is 17.7 Å². The van der Waals surface area contributed by atoms with Crippen LogP contribution >= 0.6 is 0 Å². The smallest absolute Gasteiger partial charge is 0.316 e. The molecule has 0 radical (unpaired) electrons. The zero-order chi connectivity index (χ0) is 15.2. The number of aromatic nitrogens is 1. The van der Waals surface area contributed by atoms with Crippen LogP contribution in [0.25, 0.3) is 0 Å². The number of urea groups is 1. The van der Waals surface area contributed by atoms with Gasteiger partial charge >= 0.3 is 6.03 Å². The van der Waals surface area contributed by atoms with Gasteiger partial charge in [-0.15, -0.1) is 0 Å². The Labute approximate surface area is 123 Å². The van der Waals surface area contributed by atoms with E-state index in [1.165, 1.54) is 0 Å². The van der Waals surface area contributed by atoms with Crippen molar-refractivity contribution in [3.05, 3.63) is 48.2 Å². The van der Waals surface area contributed by atoms with Gasteiger partial charge in [0.2, 0.25) is 5.88 Å². The zero-order valence-electron chi connectivity index (χ0n) is 12.0. The summed E-state index contributed by atoms with van der Waals surface area (Å²) in [5, 5.41) is 5.87. The van der Waals surface area contributed by atoms with Crippen molar-refractivity contribution in [3.63, 3.8) is 0 Å². The Balaban J connectivity index is 2.09. The number of pyridine rings is 1. The zero-order valence-corrected chi connectivity index (χ0v) is 12.0. The van der Waals surface area contributed by atoms with E-state index in [1.807, 2.05) is 31.2 Å². The highest BCUT2D eigenvalue weighted by Crippen LogP contribution is 2.26. The number of hydrogen-bond donors (Lipinski definition) is 3. The van der Waals surface area contributed by atoms with E-state index in [1.54, 1.807) is 25.4 Å². The third-order valence-electron chi connectivity index (χ3n) is 3.01. The molecule has 4 N–H and O–H groups in total. The summed E-state index contributed by atoms with van der Waals surface area (Å²) < 4.78 is 5.21. The molecule has 1 unspecified atom stereocenters. The van der Waals surface area contributed by atoms with Crippen LogP contribution in [0, 0.1) is 0 Å². The summed E-state index contributed by atoms with van der Waals surface area (Å²) in [6.45, 7) is 2.03. The second-order valence-electron chi connectivity index (χ2n) is 4.54. The molecule has 0 fully saturated rings. The van der Waals surface area contributed by atoms with Gasteiger partial charge in [-0.25, -0.2) is 9.78 Å². The lowest BCUT2D eigenvalue weighted by atomic mass is 10.1. The fourth-order valence-corrected chi connectivity index (χ4v) is 1.98. The molecule has 0 aliphatic heterocycles. The summed E-state index contributed by atoms with van der Waals surface area (Å²) in [7, 11) is 1.59. The Hall–Kier alpha value is -2.76. The lowest BCUT2D eigenvalue weighted by molar-refractivity contribution is 0.259. The van der Waals surface area contributed by atoms with Crippen molar-refractivity contribution in [1.82, 2.24) is 4.98 Å². The molecule has 1 aromatic heterocycles. The Kier molecular flexibility index (Phi) is 4.61. The highest BCUT2D eigenvalue weighted by atomic mass is 16.5. The number of ether oxygens (including phenoxy) is 1. The number of nitrogens with two attached hydrogens (primary N) is 1. The monoisotopic (exact) mass is 286 g/mol. The van der Waals surface area contributed by atoms with Gasteiger partial charge in [-0.05, 0) is 36.8 Å². The lowest BCUT2D eigenvalue weighted by Gasteiger charge is -2.17. The van der Waals surface area contributed by atoms with Crippen LogP contribution in [0.4, 0.5) is 16.2 Å². The summed E-state index contributed by atoms with van der Waals surface area (Å²) in [5.41, 5.74) is 7.63. The Morgan fingerprint density at radius 1 is 1.29 bits per heavy atom. The minimum atomic E-state index is -0.575. The van der Waals surface area contributed by atoms with Crippen molar-refractivity contribution >= 4 is 17.4 Å². The van der Waals surface area contributed by atoms with Crippen LogP contribution in [0.3, 0.4) is 0 Å². The average molecular weight is 286 g/mol. The van der Waals surface area contributed by atoms with Crippen molar-refractivity contribution in [2.24, 2.45) is 5.73 Å². The average Bonchev–Trinajstić information content (AvgIpc) is 2.48. The molecule has 6 nitrogen and oxygen atoms in total. The number of carbonyl (C=O) groups excluding carboxylic acids is 1. The molecule has 0 aliphatic carbocycles. The molecule has 21 heavy (non-hydrogen) atoms. The Morgan fingerprint density at radius 2 is 2.00 bits per heavy atom. The third-order valence-corrected chi connectivity index (χ3v) is 3.01. The second-order valence-corrected chi connectivity index (χ2v) is 4.54. The third kappa shape index (κ3) is 3.85. The molecular weight excluding hydrogens is 268 g/mol. The first-order valence-electron chi connectivity index (χ1n) is 6.52. The lowest BCUT2D eigenvalue weighted by Crippen LogP contribution is -2.19. The Morgan fingerprint density at radius 3 is 2.62 bits per heavy atom. The molecule has 1 heterocycles. The molecule has 0 spiro atoms. The fraction of sp³-hybridized carbons (Fsp3) is 0.200. The van der Waals surface area contributed by atoms with E-state index in [4.69, 9.17) is 10.5 Å². The molecule has 6 heteroatoms. The van der Waals surface area contributed by atoms with Crippen LogP contribution in [-0.2, 0) is 0 Å². The highest BCUT2D eigenvalue weighted by Gasteiger charge is 2.09. The van der Waals surface area contributed by atoms with E-state index in [0.717, 1.165) is 11.3 Å². The summed E-state index contributed by atoms with van der Waals surface area (Å²) in [6.07, 6.45) is 1.68. The van der Waals surface area contributed by atoms with Crippen molar-refractivity contribution in [3.8, 4) is 5.88 Å². The predicted octanol–water partition coefficient (Wildman–Crippen LogP) is 2.75. The number of anilines is 2.